The minimum atomic E-state index is -0.951. The summed E-state index contributed by atoms with van der Waals surface area (Å²) >= 11 is 0. The third-order valence-electron chi connectivity index (χ3n) is 3.28. The summed E-state index contributed by atoms with van der Waals surface area (Å²) in [7, 11) is 3.71. The Balaban J connectivity index is 2.42. The zero-order valence-corrected chi connectivity index (χ0v) is 12.8. The number of benzene rings is 1. The molecule has 0 aromatic heterocycles. The Morgan fingerprint density at radius 1 is 1.19 bits per heavy atom. The fraction of sp³-hybridized carbons (Fsp3) is 0.467. The topological polar surface area (TPSA) is 72.9 Å². The first-order chi connectivity index (χ1) is 9.93. The highest BCUT2D eigenvalue weighted by atomic mass is 16.4. The molecule has 0 fully saturated rings. The number of hydrogen-bond acceptors (Lipinski definition) is 3. The van der Waals surface area contributed by atoms with Gasteiger partial charge in [-0.2, -0.15) is 0 Å². The molecular weight excluding hydrogens is 270 g/mol. The van der Waals surface area contributed by atoms with Gasteiger partial charge in [-0.1, -0.05) is 19.1 Å². The Labute approximate surface area is 125 Å². The van der Waals surface area contributed by atoms with E-state index in [1.54, 1.807) is 36.2 Å². The van der Waals surface area contributed by atoms with Gasteiger partial charge in [-0.3, -0.25) is 0 Å². The smallest absolute Gasteiger partial charge is 0.335 e. The van der Waals surface area contributed by atoms with E-state index in [0.29, 0.717) is 13.1 Å². The van der Waals surface area contributed by atoms with Crippen LogP contribution in [0.3, 0.4) is 0 Å². The number of carbonyl (C=O) groups is 2. The minimum Gasteiger partial charge on any atom is -0.478 e. The van der Waals surface area contributed by atoms with Gasteiger partial charge in [0.15, 0.2) is 0 Å². The standard InChI is InChI=1S/C15H23N3O3/c1-4-17(2)10-9-16-15(21)18(3)11-12-5-7-13(8-6-12)14(19)20/h5-8H,4,9-11H2,1-3H3,(H,16,21)(H,19,20). The average Bonchev–Trinajstić information content (AvgIpc) is 2.47. The molecule has 6 heteroatoms. The van der Waals surface area contributed by atoms with Crippen LogP contribution in [0.15, 0.2) is 24.3 Å². The summed E-state index contributed by atoms with van der Waals surface area (Å²) in [5, 5.41) is 11.7. The number of urea groups is 1. The number of carbonyl (C=O) groups excluding carboxylic acids is 1. The molecule has 0 aliphatic rings. The van der Waals surface area contributed by atoms with Crippen LogP contribution in [-0.2, 0) is 6.54 Å². The van der Waals surface area contributed by atoms with Crippen LogP contribution in [0.4, 0.5) is 4.79 Å². The minimum absolute atomic E-state index is 0.137. The molecule has 6 nitrogen and oxygen atoms in total. The van der Waals surface area contributed by atoms with E-state index in [1.807, 2.05) is 7.05 Å². The van der Waals surface area contributed by atoms with Crippen molar-refractivity contribution in [3.8, 4) is 0 Å². The monoisotopic (exact) mass is 293 g/mol. The van der Waals surface area contributed by atoms with E-state index in [1.165, 1.54) is 0 Å². The molecule has 1 rings (SSSR count). The summed E-state index contributed by atoms with van der Waals surface area (Å²) in [6.45, 7) is 4.86. The van der Waals surface area contributed by atoms with Gasteiger partial charge in [-0.05, 0) is 31.3 Å². The van der Waals surface area contributed by atoms with E-state index < -0.39 is 5.97 Å². The molecule has 0 heterocycles. The molecule has 0 spiro atoms. The maximum Gasteiger partial charge on any atom is 0.335 e. The SMILES string of the molecule is CCN(C)CCNC(=O)N(C)Cc1ccc(C(=O)O)cc1. The highest BCUT2D eigenvalue weighted by Crippen LogP contribution is 2.07. The average molecular weight is 293 g/mol. The predicted octanol–water partition coefficient (Wildman–Crippen LogP) is 1.48. The largest absolute Gasteiger partial charge is 0.478 e. The quantitative estimate of drug-likeness (QED) is 0.798. The lowest BCUT2D eigenvalue weighted by atomic mass is 10.1. The van der Waals surface area contributed by atoms with E-state index in [2.05, 4.69) is 17.1 Å². The fourth-order valence-corrected chi connectivity index (χ4v) is 1.75. The highest BCUT2D eigenvalue weighted by Gasteiger charge is 2.09. The third kappa shape index (κ3) is 5.83. The number of hydrogen-bond donors (Lipinski definition) is 2. The molecule has 1 aromatic carbocycles. The van der Waals surface area contributed by atoms with Crippen LogP contribution < -0.4 is 5.32 Å². The molecule has 0 aliphatic heterocycles. The molecule has 0 atom stereocenters. The van der Waals surface area contributed by atoms with Crippen LogP contribution in [0.2, 0.25) is 0 Å². The molecule has 0 unspecified atom stereocenters. The molecule has 0 aliphatic carbocycles. The van der Waals surface area contributed by atoms with Crippen LogP contribution in [0.25, 0.3) is 0 Å². The lowest BCUT2D eigenvalue weighted by Gasteiger charge is -2.20. The first-order valence-electron chi connectivity index (χ1n) is 6.93. The van der Waals surface area contributed by atoms with Crippen molar-refractivity contribution in [2.75, 3.05) is 33.7 Å². The van der Waals surface area contributed by atoms with Crippen LogP contribution in [-0.4, -0.2) is 60.6 Å². The number of amides is 2. The highest BCUT2D eigenvalue weighted by molar-refractivity contribution is 5.87. The second kappa shape index (κ2) is 8.26. The lowest BCUT2D eigenvalue weighted by Crippen LogP contribution is -2.40. The first-order valence-corrected chi connectivity index (χ1v) is 6.93. The zero-order chi connectivity index (χ0) is 15.8. The van der Waals surface area contributed by atoms with Crippen molar-refractivity contribution in [2.24, 2.45) is 0 Å². The van der Waals surface area contributed by atoms with Gasteiger partial charge in [0, 0.05) is 26.7 Å². The number of carboxylic acids is 1. The fourth-order valence-electron chi connectivity index (χ4n) is 1.75. The summed E-state index contributed by atoms with van der Waals surface area (Å²) in [5.74, 6) is -0.951. The lowest BCUT2D eigenvalue weighted by molar-refractivity contribution is 0.0697. The molecule has 21 heavy (non-hydrogen) atoms. The Morgan fingerprint density at radius 2 is 1.81 bits per heavy atom. The summed E-state index contributed by atoms with van der Waals surface area (Å²) in [6, 6.07) is 6.39. The van der Waals surface area contributed by atoms with Gasteiger partial charge in [0.05, 0.1) is 5.56 Å². The van der Waals surface area contributed by atoms with Crippen molar-refractivity contribution in [2.45, 2.75) is 13.5 Å². The van der Waals surface area contributed by atoms with E-state index in [9.17, 15) is 9.59 Å². The predicted molar refractivity (Wildman–Crippen MR) is 81.4 cm³/mol. The van der Waals surface area contributed by atoms with Crippen molar-refractivity contribution in [1.82, 2.24) is 15.1 Å². The Bertz CT molecular complexity index is 474. The van der Waals surface area contributed by atoms with E-state index in [4.69, 9.17) is 5.11 Å². The van der Waals surface area contributed by atoms with Gasteiger partial charge in [-0.15, -0.1) is 0 Å². The first kappa shape index (κ1) is 17.0. The van der Waals surface area contributed by atoms with Crippen LogP contribution in [0.5, 0.6) is 0 Å². The van der Waals surface area contributed by atoms with Crippen molar-refractivity contribution >= 4 is 12.0 Å². The Hall–Kier alpha value is -2.08. The van der Waals surface area contributed by atoms with Gasteiger partial charge in [-0.25, -0.2) is 9.59 Å². The van der Waals surface area contributed by atoms with Gasteiger partial charge in [0.2, 0.25) is 0 Å². The van der Waals surface area contributed by atoms with Crippen LogP contribution >= 0.6 is 0 Å². The number of rotatable bonds is 7. The molecule has 2 amide bonds. The summed E-state index contributed by atoms with van der Waals surface area (Å²) in [6.07, 6.45) is 0. The molecule has 0 radical (unpaired) electrons. The summed E-state index contributed by atoms with van der Waals surface area (Å²) in [5.41, 5.74) is 1.14. The van der Waals surface area contributed by atoms with Gasteiger partial charge in [0.1, 0.15) is 0 Å². The molecule has 0 bridgehead atoms. The van der Waals surface area contributed by atoms with Gasteiger partial charge >= 0.3 is 12.0 Å². The summed E-state index contributed by atoms with van der Waals surface area (Å²) < 4.78 is 0. The second-order valence-electron chi connectivity index (χ2n) is 4.99. The van der Waals surface area contributed by atoms with Crippen molar-refractivity contribution in [1.29, 1.82) is 0 Å². The second-order valence-corrected chi connectivity index (χ2v) is 4.99. The van der Waals surface area contributed by atoms with Crippen LogP contribution in [0.1, 0.15) is 22.8 Å². The van der Waals surface area contributed by atoms with Gasteiger partial charge in [0.25, 0.3) is 0 Å². The molecular formula is C15H23N3O3. The number of carboxylic acid groups (broad SMARTS) is 1. The van der Waals surface area contributed by atoms with E-state index >= 15 is 0 Å². The van der Waals surface area contributed by atoms with Crippen molar-refractivity contribution in [3.63, 3.8) is 0 Å². The normalized spacial score (nSPS) is 10.5. The number of nitrogens with one attached hydrogen (secondary N) is 1. The number of aromatic carboxylic acids is 1. The Kier molecular flexibility index (Phi) is 6.68. The van der Waals surface area contributed by atoms with Crippen molar-refractivity contribution in [3.05, 3.63) is 35.4 Å². The molecule has 116 valence electrons. The third-order valence-corrected chi connectivity index (χ3v) is 3.28. The number of nitrogens with zero attached hydrogens (tertiary/aromatic N) is 2. The molecule has 1 aromatic rings. The van der Waals surface area contributed by atoms with E-state index in [-0.39, 0.29) is 11.6 Å². The molecule has 0 saturated heterocycles. The molecule has 2 N–H and O–H groups in total. The molecule has 0 saturated carbocycles. The van der Waals surface area contributed by atoms with E-state index in [0.717, 1.165) is 18.7 Å². The van der Waals surface area contributed by atoms with Gasteiger partial charge < -0.3 is 20.2 Å². The Morgan fingerprint density at radius 3 is 2.33 bits per heavy atom. The maximum atomic E-state index is 11.9. The van der Waals surface area contributed by atoms with Crippen molar-refractivity contribution < 1.29 is 14.7 Å². The summed E-state index contributed by atoms with van der Waals surface area (Å²) in [4.78, 5) is 26.3. The maximum absolute atomic E-state index is 11.9. The zero-order valence-electron chi connectivity index (χ0n) is 12.8. The number of likely N-dealkylation sites (N-methyl/N-ethyl adjacent to an activating group) is 1. The van der Waals surface area contributed by atoms with Crippen LogP contribution in [0, 0.1) is 0 Å².